The van der Waals surface area contributed by atoms with Gasteiger partial charge in [-0.15, -0.1) is 0 Å². The summed E-state index contributed by atoms with van der Waals surface area (Å²) in [6, 6.07) is 6.20. The van der Waals surface area contributed by atoms with E-state index in [0.717, 1.165) is 4.90 Å². The Labute approximate surface area is 120 Å². The summed E-state index contributed by atoms with van der Waals surface area (Å²) >= 11 is 0. The largest absolute Gasteiger partial charge is 0.494 e. The number of hydrogen-bond acceptors (Lipinski definition) is 3. The molecule has 112 valence electrons. The number of nitrogens with one attached hydrogen (secondary N) is 1. The van der Waals surface area contributed by atoms with Gasteiger partial charge in [0.2, 0.25) is 0 Å². The van der Waals surface area contributed by atoms with E-state index in [1.165, 1.54) is 14.2 Å². The lowest BCUT2D eigenvalue weighted by molar-refractivity contribution is 0.111. The first-order valence-corrected chi connectivity index (χ1v) is 6.25. The Kier molecular flexibility index (Phi) is 4.52. The highest BCUT2D eigenvalue weighted by molar-refractivity contribution is 6.02. The second-order valence-electron chi connectivity index (χ2n) is 4.42. The molecule has 0 spiro atoms. The molecular formula is C14H15F2N3O2. The third kappa shape index (κ3) is 3.36. The highest BCUT2D eigenvalue weighted by Crippen LogP contribution is 2.29. The van der Waals surface area contributed by atoms with E-state index < -0.39 is 19.0 Å². The summed E-state index contributed by atoms with van der Waals surface area (Å²) in [6.07, 6.45) is -0.964. The van der Waals surface area contributed by atoms with Gasteiger partial charge in [-0.1, -0.05) is 0 Å². The fourth-order valence-corrected chi connectivity index (χ4v) is 1.92. The van der Waals surface area contributed by atoms with Crippen molar-refractivity contribution in [1.29, 1.82) is 0 Å². The van der Waals surface area contributed by atoms with Crippen LogP contribution in [0.25, 0.3) is 10.9 Å². The summed E-state index contributed by atoms with van der Waals surface area (Å²) in [5, 5.41) is 3.28. The number of rotatable bonds is 4. The van der Waals surface area contributed by atoms with Crippen LogP contribution in [0, 0.1) is 0 Å². The zero-order chi connectivity index (χ0) is 15.4. The Bertz CT molecular complexity index is 649. The van der Waals surface area contributed by atoms with Gasteiger partial charge in [-0.25, -0.2) is 13.6 Å². The van der Waals surface area contributed by atoms with Gasteiger partial charge >= 0.3 is 6.03 Å². The molecule has 0 atom stereocenters. The molecule has 0 aliphatic heterocycles. The highest BCUT2D eigenvalue weighted by Gasteiger charge is 2.15. The normalized spacial score (nSPS) is 10.7. The van der Waals surface area contributed by atoms with Gasteiger partial charge in [0, 0.05) is 18.6 Å². The molecule has 0 radical (unpaired) electrons. The minimum absolute atomic E-state index is 0.491. The predicted octanol–water partition coefficient (Wildman–Crippen LogP) is 2.97. The van der Waals surface area contributed by atoms with Gasteiger partial charge < -0.3 is 15.0 Å². The topological polar surface area (TPSA) is 54.5 Å². The second kappa shape index (κ2) is 6.34. The van der Waals surface area contributed by atoms with Crippen molar-refractivity contribution in [2.45, 2.75) is 6.43 Å². The third-order valence-electron chi connectivity index (χ3n) is 2.95. The molecule has 2 rings (SSSR count). The smallest absolute Gasteiger partial charge is 0.321 e. The van der Waals surface area contributed by atoms with Crippen LogP contribution < -0.4 is 10.1 Å². The quantitative estimate of drug-likeness (QED) is 0.943. The van der Waals surface area contributed by atoms with E-state index in [0.29, 0.717) is 22.3 Å². The SMILES string of the molecule is COc1ccc(NC(=O)N(C)CC(F)F)c2cccnc12. The number of carbonyl (C=O) groups excluding carboxylic acids is 1. The number of benzene rings is 1. The van der Waals surface area contributed by atoms with Gasteiger partial charge in [0.05, 0.1) is 19.3 Å². The Balaban J connectivity index is 2.29. The van der Waals surface area contributed by atoms with E-state index in [1.807, 2.05) is 0 Å². The minimum Gasteiger partial charge on any atom is -0.494 e. The predicted molar refractivity (Wildman–Crippen MR) is 75.9 cm³/mol. The molecule has 0 fully saturated rings. The monoisotopic (exact) mass is 295 g/mol. The zero-order valence-corrected chi connectivity index (χ0v) is 11.6. The van der Waals surface area contributed by atoms with Gasteiger partial charge in [0.15, 0.2) is 0 Å². The number of aromatic nitrogens is 1. The van der Waals surface area contributed by atoms with Crippen LogP contribution in [-0.4, -0.2) is 43.0 Å². The van der Waals surface area contributed by atoms with E-state index in [2.05, 4.69) is 10.3 Å². The minimum atomic E-state index is -2.57. The summed E-state index contributed by atoms with van der Waals surface area (Å²) in [5.41, 5.74) is 1.08. The number of carbonyl (C=O) groups is 1. The fraction of sp³-hybridized carbons (Fsp3) is 0.286. The van der Waals surface area contributed by atoms with Crippen LogP contribution >= 0.6 is 0 Å². The number of halogens is 2. The summed E-state index contributed by atoms with van der Waals surface area (Å²) in [7, 11) is 2.84. The molecular weight excluding hydrogens is 280 g/mol. The molecule has 1 N–H and O–H groups in total. The van der Waals surface area contributed by atoms with E-state index in [4.69, 9.17) is 4.74 Å². The lowest BCUT2D eigenvalue weighted by Crippen LogP contribution is -2.34. The van der Waals surface area contributed by atoms with Gasteiger partial charge in [0.1, 0.15) is 11.3 Å². The number of urea groups is 1. The number of anilines is 1. The van der Waals surface area contributed by atoms with E-state index >= 15 is 0 Å². The lowest BCUT2D eigenvalue weighted by atomic mass is 10.1. The number of amides is 2. The second-order valence-corrected chi connectivity index (χ2v) is 4.42. The van der Waals surface area contributed by atoms with Crippen LogP contribution in [0.5, 0.6) is 5.75 Å². The molecule has 0 aliphatic rings. The average Bonchev–Trinajstić information content (AvgIpc) is 2.46. The first-order chi connectivity index (χ1) is 10.0. The van der Waals surface area contributed by atoms with Crippen LogP contribution in [0.4, 0.5) is 19.3 Å². The Morgan fingerprint density at radius 3 is 2.86 bits per heavy atom. The van der Waals surface area contributed by atoms with Crippen molar-refractivity contribution in [2.24, 2.45) is 0 Å². The maximum Gasteiger partial charge on any atom is 0.321 e. The van der Waals surface area contributed by atoms with Crippen molar-refractivity contribution in [1.82, 2.24) is 9.88 Å². The number of ether oxygens (including phenoxy) is 1. The third-order valence-corrected chi connectivity index (χ3v) is 2.95. The Morgan fingerprint density at radius 1 is 1.43 bits per heavy atom. The van der Waals surface area contributed by atoms with Crippen molar-refractivity contribution < 1.29 is 18.3 Å². The molecule has 2 amide bonds. The number of pyridine rings is 1. The van der Waals surface area contributed by atoms with Gasteiger partial charge in [0.25, 0.3) is 6.43 Å². The van der Waals surface area contributed by atoms with Crippen LogP contribution in [0.3, 0.4) is 0 Å². The number of hydrogen-bond donors (Lipinski definition) is 1. The number of nitrogens with zero attached hydrogens (tertiary/aromatic N) is 2. The van der Waals surface area contributed by atoms with Crippen LogP contribution in [0.15, 0.2) is 30.5 Å². The maximum absolute atomic E-state index is 12.3. The number of fused-ring (bicyclic) bond motifs is 1. The lowest BCUT2D eigenvalue weighted by Gasteiger charge is -2.18. The molecule has 5 nitrogen and oxygen atoms in total. The Morgan fingerprint density at radius 2 is 2.19 bits per heavy atom. The molecule has 0 unspecified atom stereocenters. The van der Waals surface area contributed by atoms with Crippen LogP contribution in [-0.2, 0) is 0 Å². The number of methoxy groups -OCH3 is 1. The Hall–Kier alpha value is -2.44. The standard InChI is InChI=1S/C14H15F2N3O2/c1-19(8-12(15)16)14(20)18-10-5-6-11(21-2)13-9(10)4-3-7-17-13/h3-7,12H,8H2,1-2H3,(H,18,20). The van der Waals surface area contributed by atoms with Crippen LogP contribution in [0.1, 0.15) is 0 Å². The molecule has 1 aromatic carbocycles. The fourth-order valence-electron chi connectivity index (χ4n) is 1.92. The molecule has 7 heteroatoms. The maximum atomic E-state index is 12.3. The molecule has 2 aromatic rings. The zero-order valence-electron chi connectivity index (χ0n) is 11.6. The number of alkyl halides is 2. The van der Waals surface area contributed by atoms with Crippen molar-refractivity contribution in [3.05, 3.63) is 30.5 Å². The first-order valence-electron chi connectivity index (χ1n) is 6.25. The summed E-state index contributed by atoms with van der Waals surface area (Å²) in [6.45, 7) is -0.627. The summed E-state index contributed by atoms with van der Waals surface area (Å²) < 4.78 is 29.8. The van der Waals surface area contributed by atoms with E-state index in [-0.39, 0.29) is 0 Å². The van der Waals surface area contributed by atoms with Crippen molar-refractivity contribution >= 4 is 22.6 Å². The molecule has 0 aliphatic carbocycles. The molecule has 1 heterocycles. The van der Waals surface area contributed by atoms with Gasteiger partial charge in [-0.3, -0.25) is 4.98 Å². The van der Waals surface area contributed by atoms with E-state index in [9.17, 15) is 13.6 Å². The van der Waals surface area contributed by atoms with Gasteiger partial charge in [-0.2, -0.15) is 0 Å². The highest BCUT2D eigenvalue weighted by atomic mass is 19.3. The first kappa shape index (κ1) is 15.0. The van der Waals surface area contributed by atoms with Crippen molar-refractivity contribution in [3.8, 4) is 5.75 Å². The van der Waals surface area contributed by atoms with Gasteiger partial charge in [-0.05, 0) is 24.3 Å². The molecule has 0 bridgehead atoms. The molecule has 21 heavy (non-hydrogen) atoms. The van der Waals surface area contributed by atoms with Crippen LogP contribution in [0.2, 0.25) is 0 Å². The summed E-state index contributed by atoms with van der Waals surface area (Å²) in [5.74, 6) is 0.574. The van der Waals surface area contributed by atoms with Crippen molar-refractivity contribution in [2.75, 3.05) is 26.0 Å². The summed E-state index contributed by atoms with van der Waals surface area (Å²) in [4.78, 5) is 17.0. The van der Waals surface area contributed by atoms with Crippen molar-refractivity contribution in [3.63, 3.8) is 0 Å². The molecule has 0 saturated carbocycles. The molecule has 1 aromatic heterocycles. The average molecular weight is 295 g/mol. The van der Waals surface area contributed by atoms with E-state index in [1.54, 1.807) is 30.5 Å². The molecule has 0 saturated heterocycles.